The Labute approximate surface area is 119 Å². The van der Waals surface area contributed by atoms with Crippen LogP contribution >= 0.6 is 0 Å². The van der Waals surface area contributed by atoms with Crippen LogP contribution in [0.5, 0.6) is 0 Å². The Hall–Kier alpha value is -1.37. The Bertz CT molecular complexity index is 381. The van der Waals surface area contributed by atoms with Crippen molar-refractivity contribution in [1.29, 1.82) is 0 Å². The van der Waals surface area contributed by atoms with Gasteiger partial charge in [0.05, 0.1) is 26.0 Å². The van der Waals surface area contributed by atoms with Crippen LogP contribution in [0.4, 0.5) is 0 Å². The second-order valence-corrected chi connectivity index (χ2v) is 4.23. The molecule has 0 aliphatic rings. The van der Waals surface area contributed by atoms with E-state index < -0.39 is 5.97 Å². The molecular weight excluding hydrogens is 262 g/mol. The zero-order chi connectivity index (χ0) is 14.8. The monoisotopic (exact) mass is 285 g/mol. The zero-order valence-corrected chi connectivity index (χ0v) is 12.1. The minimum absolute atomic E-state index is 0.211. The molecule has 0 radical (unpaired) electrons. The molecule has 0 aromatic carbocycles. The van der Waals surface area contributed by atoms with Crippen LogP contribution in [0.2, 0.25) is 0 Å². The fourth-order valence-corrected chi connectivity index (χ4v) is 1.80. The lowest BCUT2D eigenvalue weighted by Crippen LogP contribution is -2.31. The van der Waals surface area contributed by atoms with Gasteiger partial charge in [0, 0.05) is 26.3 Å². The van der Waals surface area contributed by atoms with E-state index in [-0.39, 0.29) is 5.56 Å². The SMILES string of the molecule is CCOCCN(CCOCC)Cc1occc1C(=O)O. The summed E-state index contributed by atoms with van der Waals surface area (Å²) in [4.78, 5) is 13.1. The second-order valence-electron chi connectivity index (χ2n) is 4.23. The predicted octanol–water partition coefficient (Wildman–Crippen LogP) is 1.85. The summed E-state index contributed by atoms with van der Waals surface area (Å²) in [5, 5.41) is 9.07. The van der Waals surface area contributed by atoms with Gasteiger partial charge < -0.3 is 19.0 Å². The van der Waals surface area contributed by atoms with Gasteiger partial charge in [0.25, 0.3) is 0 Å². The van der Waals surface area contributed by atoms with Crippen molar-refractivity contribution in [1.82, 2.24) is 4.90 Å². The van der Waals surface area contributed by atoms with Gasteiger partial charge >= 0.3 is 5.97 Å². The number of hydrogen-bond donors (Lipinski definition) is 1. The molecule has 0 fully saturated rings. The molecule has 1 N–H and O–H groups in total. The lowest BCUT2D eigenvalue weighted by molar-refractivity contribution is 0.0681. The minimum atomic E-state index is -0.969. The normalized spacial score (nSPS) is 11.2. The van der Waals surface area contributed by atoms with Crippen molar-refractivity contribution in [3.8, 4) is 0 Å². The van der Waals surface area contributed by atoms with E-state index in [4.69, 9.17) is 19.0 Å². The molecule has 1 heterocycles. The molecule has 0 unspecified atom stereocenters. The molecule has 0 aliphatic carbocycles. The first kappa shape index (κ1) is 16.7. The molecule has 6 nitrogen and oxygen atoms in total. The Kier molecular flexibility index (Phi) is 7.94. The summed E-state index contributed by atoms with van der Waals surface area (Å²) in [7, 11) is 0. The summed E-state index contributed by atoms with van der Waals surface area (Å²) in [6, 6.07) is 1.47. The molecule has 0 spiro atoms. The quantitative estimate of drug-likeness (QED) is 0.626. The molecule has 0 aliphatic heterocycles. The van der Waals surface area contributed by atoms with Gasteiger partial charge in [-0.25, -0.2) is 4.79 Å². The van der Waals surface area contributed by atoms with Gasteiger partial charge in [0.1, 0.15) is 11.3 Å². The summed E-state index contributed by atoms with van der Waals surface area (Å²) in [5.41, 5.74) is 0.211. The molecule has 20 heavy (non-hydrogen) atoms. The molecule has 0 bridgehead atoms. The third-order valence-corrected chi connectivity index (χ3v) is 2.85. The molecule has 1 aromatic heterocycles. The van der Waals surface area contributed by atoms with Crippen LogP contribution < -0.4 is 0 Å². The third-order valence-electron chi connectivity index (χ3n) is 2.85. The molecule has 0 saturated carbocycles. The lowest BCUT2D eigenvalue weighted by Gasteiger charge is -2.21. The van der Waals surface area contributed by atoms with Crippen LogP contribution in [-0.2, 0) is 16.0 Å². The number of hydrogen-bond acceptors (Lipinski definition) is 5. The summed E-state index contributed by atoms with van der Waals surface area (Å²) >= 11 is 0. The average molecular weight is 285 g/mol. The molecule has 114 valence electrons. The summed E-state index contributed by atoms with van der Waals surface area (Å²) in [6.45, 7) is 8.29. The van der Waals surface area contributed by atoms with Crippen LogP contribution in [0.3, 0.4) is 0 Å². The van der Waals surface area contributed by atoms with Gasteiger partial charge in [-0.3, -0.25) is 4.90 Å². The highest BCUT2D eigenvalue weighted by molar-refractivity contribution is 5.88. The topological polar surface area (TPSA) is 72.1 Å². The van der Waals surface area contributed by atoms with Crippen molar-refractivity contribution in [2.24, 2.45) is 0 Å². The summed E-state index contributed by atoms with van der Waals surface area (Å²) in [6.07, 6.45) is 1.40. The van der Waals surface area contributed by atoms with Crippen LogP contribution in [-0.4, -0.2) is 55.5 Å². The molecule has 0 atom stereocenters. The maximum Gasteiger partial charge on any atom is 0.339 e. The number of nitrogens with zero attached hydrogens (tertiary/aromatic N) is 1. The fourth-order valence-electron chi connectivity index (χ4n) is 1.80. The molecule has 1 rings (SSSR count). The summed E-state index contributed by atoms with van der Waals surface area (Å²) in [5.74, 6) is -0.506. The van der Waals surface area contributed by atoms with Crippen molar-refractivity contribution in [2.45, 2.75) is 20.4 Å². The number of ether oxygens (including phenoxy) is 2. The molecular formula is C14H23NO5. The maximum atomic E-state index is 11.1. The lowest BCUT2D eigenvalue weighted by atomic mass is 10.2. The van der Waals surface area contributed by atoms with Gasteiger partial charge in [-0.15, -0.1) is 0 Å². The number of rotatable bonds is 11. The number of aromatic carboxylic acids is 1. The van der Waals surface area contributed by atoms with Crippen molar-refractivity contribution in [3.05, 3.63) is 23.7 Å². The van der Waals surface area contributed by atoms with Gasteiger partial charge in [-0.2, -0.15) is 0 Å². The predicted molar refractivity (Wildman–Crippen MR) is 73.9 cm³/mol. The Morgan fingerprint density at radius 1 is 1.25 bits per heavy atom. The van der Waals surface area contributed by atoms with E-state index in [0.717, 1.165) is 0 Å². The Balaban J connectivity index is 2.57. The average Bonchev–Trinajstić information content (AvgIpc) is 2.87. The van der Waals surface area contributed by atoms with E-state index >= 15 is 0 Å². The van der Waals surface area contributed by atoms with E-state index in [9.17, 15) is 4.79 Å². The van der Waals surface area contributed by atoms with Crippen LogP contribution in [0.1, 0.15) is 30.0 Å². The first-order valence-electron chi connectivity index (χ1n) is 6.86. The summed E-state index contributed by atoms with van der Waals surface area (Å²) < 4.78 is 15.9. The highest BCUT2D eigenvalue weighted by atomic mass is 16.5. The molecule has 0 saturated heterocycles. The molecule has 6 heteroatoms. The molecule has 1 aromatic rings. The van der Waals surface area contributed by atoms with E-state index in [1.165, 1.54) is 12.3 Å². The van der Waals surface area contributed by atoms with Gasteiger partial charge in [0.2, 0.25) is 0 Å². The number of carboxylic acid groups (broad SMARTS) is 1. The second kappa shape index (κ2) is 9.52. The highest BCUT2D eigenvalue weighted by Crippen LogP contribution is 2.13. The molecule has 0 amide bonds. The van der Waals surface area contributed by atoms with Crippen molar-refractivity contribution in [2.75, 3.05) is 39.5 Å². The maximum absolute atomic E-state index is 11.1. The first-order chi connectivity index (χ1) is 9.69. The number of furan rings is 1. The van der Waals surface area contributed by atoms with E-state index in [2.05, 4.69) is 4.90 Å². The fraction of sp³-hybridized carbons (Fsp3) is 0.643. The highest BCUT2D eigenvalue weighted by Gasteiger charge is 2.16. The van der Waals surface area contributed by atoms with Gasteiger partial charge in [-0.1, -0.05) is 0 Å². The van der Waals surface area contributed by atoms with E-state index in [0.29, 0.717) is 51.8 Å². The number of carbonyl (C=O) groups is 1. The Morgan fingerprint density at radius 2 is 1.85 bits per heavy atom. The van der Waals surface area contributed by atoms with Crippen LogP contribution in [0.15, 0.2) is 16.7 Å². The van der Waals surface area contributed by atoms with E-state index in [1.54, 1.807) is 0 Å². The van der Waals surface area contributed by atoms with Crippen molar-refractivity contribution >= 4 is 5.97 Å². The Morgan fingerprint density at radius 3 is 2.35 bits per heavy atom. The van der Waals surface area contributed by atoms with Crippen molar-refractivity contribution < 1.29 is 23.8 Å². The van der Waals surface area contributed by atoms with Crippen LogP contribution in [0, 0.1) is 0 Å². The van der Waals surface area contributed by atoms with Gasteiger partial charge in [0.15, 0.2) is 0 Å². The van der Waals surface area contributed by atoms with Gasteiger partial charge in [-0.05, 0) is 19.9 Å². The largest absolute Gasteiger partial charge is 0.478 e. The standard InChI is InChI=1S/C14H23NO5/c1-3-18-9-6-15(7-10-19-4-2)11-13-12(14(16)17)5-8-20-13/h5,8H,3-4,6-7,9-11H2,1-2H3,(H,16,17). The van der Waals surface area contributed by atoms with Crippen LogP contribution in [0.25, 0.3) is 0 Å². The third kappa shape index (κ3) is 5.73. The minimum Gasteiger partial charge on any atom is -0.478 e. The zero-order valence-electron chi connectivity index (χ0n) is 12.1. The van der Waals surface area contributed by atoms with E-state index in [1.807, 2.05) is 13.8 Å². The first-order valence-corrected chi connectivity index (χ1v) is 6.86. The van der Waals surface area contributed by atoms with Crippen molar-refractivity contribution in [3.63, 3.8) is 0 Å². The number of carboxylic acids is 1. The smallest absolute Gasteiger partial charge is 0.339 e.